The van der Waals surface area contributed by atoms with E-state index in [2.05, 4.69) is 20.6 Å². The lowest BCUT2D eigenvalue weighted by Crippen LogP contribution is -2.21. The predicted octanol–water partition coefficient (Wildman–Crippen LogP) is 4.11. The van der Waals surface area contributed by atoms with Crippen LogP contribution in [0.4, 0.5) is 13.2 Å². The van der Waals surface area contributed by atoms with Crippen molar-refractivity contribution in [2.75, 3.05) is 0 Å². The molecule has 168 valence electrons. The first-order valence-electron chi connectivity index (χ1n) is 10.1. The molecule has 0 radical (unpaired) electrons. The van der Waals surface area contributed by atoms with Gasteiger partial charge in [-0.15, -0.1) is 0 Å². The highest BCUT2D eigenvalue weighted by Gasteiger charge is 2.30. The first-order valence-corrected chi connectivity index (χ1v) is 10.1. The second kappa shape index (κ2) is 7.98. The molecule has 0 amide bonds. The number of alkyl halides is 3. The van der Waals surface area contributed by atoms with E-state index in [-0.39, 0.29) is 0 Å². The maximum absolute atomic E-state index is 13.0. The third kappa shape index (κ3) is 3.94. The van der Waals surface area contributed by atoms with Crippen molar-refractivity contribution >= 4 is 21.9 Å². The van der Waals surface area contributed by atoms with Gasteiger partial charge in [0.05, 0.1) is 16.8 Å². The van der Waals surface area contributed by atoms with Crippen molar-refractivity contribution < 1.29 is 18.3 Å². The minimum atomic E-state index is -4.40. The average molecular weight is 452 g/mol. The van der Waals surface area contributed by atoms with E-state index in [9.17, 15) is 18.3 Å². The molecular formula is C23H19F3N6O. The lowest BCUT2D eigenvalue weighted by Gasteiger charge is -2.14. The molecule has 0 saturated carbocycles. The van der Waals surface area contributed by atoms with Gasteiger partial charge in [-0.05, 0) is 54.1 Å². The van der Waals surface area contributed by atoms with E-state index in [0.717, 1.165) is 28.4 Å². The van der Waals surface area contributed by atoms with Crippen LogP contribution in [0.15, 0.2) is 67.0 Å². The van der Waals surface area contributed by atoms with E-state index in [0.29, 0.717) is 29.1 Å². The van der Waals surface area contributed by atoms with Crippen LogP contribution in [0, 0.1) is 0 Å². The van der Waals surface area contributed by atoms with Crippen LogP contribution in [-0.4, -0.2) is 29.7 Å². The highest BCUT2D eigenvalue weighted by molar-refractivity contribution is 6.08. The molecule has 0 aliphatic heterocycles. The molecule has 5 rings (SSSR count). The van der Waals surface area contributed by atoms with Gasteiger partial charge in [-0.2, -0.15) is 28.5 Å². The Morgan fingerprint density at radius 3 is 2.55 bits per heavy atom. The van der Waals surface area contributed by atoms with E-state index in [1.165, 1.54) is 12.1 Å². The van der Waals surface area contributed by atoms with Crippen LogP contribution in [0.1, 0.15) is 23.0 Å². The molecule has 2 N–H and O–H groups in total. The Morgan fingerprint density at radius 2 is 1.85 bits per heavy atom. The van der Waals surface area contributed by atoms with E-state index < -0.39 is 18.0 Å². The summed E-state index contributed by atoms with van der Waals surface area (Å²) in [5.41, 5.74) is 2.59. The molecule has 3 aromatic heterocycles. The number of hydrogen-bond donors (Lipinski definition) is 2. The number of halogens is 3. The second-order valence-electron chi connectivity index (χ2n) is 7.70. The van der Waals surface area contributed by atoms with Crippen LogP contribution in [0.5, 0.6) is 0 Å². The average Bonchev–Trinajstić information content (AvgIpc) is 3.32. The lowest BCUT2D eigenvalue weighted by atomic mass is 10.1. The van der Waals surface area contributed by atoms with Gasteiger partial charge in [0.25, 0.3) is 0 Å². The summed E-state index contributed by atoms with van der Waals surface area (Å²) in [7, 11) is 1.78. The Balaban J connectivity index is 1.54. The number of benzene rings is 2. The number of nitrogens with one attached hydrogen (secondary N) is 1. The van der Waals surface area contributed by atoms with Crippen LogP contribution in [-0.2, 0) is 19.8 Å². The zero-order valence-corrected chi connectivity index (χ0v) is 17.5. The first kappa shape index (κ1) is 21.1. The summed E-state index contributed by atoms with van der Waals surface area (Å²) in [4.78, 5) is 0. The third-order valence-corrected chi connectivity index (χ3v) is 5.45. The predicted molar refractivity (Wildman–Crippen MR) is 116 cm³/mol. The number of aryl methyl sites for hydroxylation is 1. The normalized spacial score (nSPS) is 13.1. The van der Waals surface area contributed by atoms with E-state index in [4.69, 9.17) is 0 Å². The van der Waals surface area contributed by atoms with Gasteiger partial charge in [0.1, 0.15) is 6.23 Å². The number of hydrogen-bond acceptors (Lipinski definition) is 5. The molecule has 5 aromatic rings. The molecule has 2 aromatic carbocycles. The molecule has 0 bridgehead atoms. The third-order valence-electron chi connectivity index (χ3n) is 5.45. The van der Waals surface area contributed by atoms with Gasteiger partial charge in [-0.25, -0.2) is 0 Å². The fourth-order valence-electron chi connectivity index (χ4n) is 3.89. The number of aromatic nitrogens is 5. The molecule has 3 heterocycles. The molecule has 0 aliphatic carbocycles. The van der Waals surface area contributed by atoms with Crippen molar-refractivity contribution in [2.45, 2.75) is 18.9 Å². The zero-order valence-electron chi connectivity index (χ0n) is 17.5. The molecule has 0 aliphatic rings. The summed E-state index contributed by atoms with van der Waals surface area (Å²) in [6.07, 6.45) is -1.92. The van der Waals surface area contributed by atoms with Gasteiger partial charge in [0, 0.05) is 42.4 Å². The molecule has 0 saturated heterocycles. The van der Waals surface area contributed by atoms with Gasteiger partial charge >= 0.3 is 6.18 Å². The fraction of sp³-hybridized carbons (Fsp3) is 0.174. The summed E-state index contributed by atoms with van der Waals surface area (Å²) in [5, 5.41) is 27.6. The van der Waals surface area contributed by atoms with Crippen molar-refractivity contribution in [1.82, 2.24) is 29.9 Å². The highest BCUT2D eigenvalue weighted by atomic mass is 19.4. The van der Waals surface area contributed by atoms with Crippen LogP contribution < -0.4 is 5.32 Å². The number of nitrogens with zero attached hydrogens (tertiary/aromatic N) is 5. The van der Waals surface area contributed by atoms with Crippen LogP contribution in [0.3, 0.4) is 0 Å². The van der Waals surface area contributed by atoms with Crippen LogP contribution in [0.2, 0.25) is 0 Å². The van der Waals surface area contributed by atoms with Gasteiger partial charge in [0.15, 0.2) is 5.65 Å². The van der Waals surface area contributed by atoms with Gasteiger partial charge in [-0.3, -0.25) is 14.6 Å². The highest BCUT2D eigenvalue weighted by Crippen LogP contribution is 2.34. The summed E-state index contributed by atoms with van der Waals surface area (Å²) >= 11 is 0. The molecule has 7 nitrogen and oxygen atoms in total. The van der Waals surface area contributed by atoms with Crippen molar-refractivity contribution in [3.63, 3.8) is 0 Å². The SMILES string of the molecule is Cn1cc2c3cc(C(O)NCc4cccnn4)ccc3n(-c3ccc(C(F)(F)F)cc3)c2n1. The first-order chi connectivity index (χ1) is 15.8. The second-order valence-corrected chi connectivity index (χ2v) is 7.70. The van der Waals surface area contributed by atoms with Crippen molar-refractivity contribution in [1.29, 1.82) is 0 Å². The fourth-order valence-corrected chi connectivity index (χ4v) is 3.89. The summed E-state index contributed by atoms with van der Waals surface area (Å²) in [6.45, 7) is 0.335. The molecule has 0 spiro atoms. The minimum Gasteiger partial charge on any atom is -0.374 e. The smallest absolute Gasteiger partial charge is 0.374 e. The standard InChI is InChI=1S/C23H19F3N6O/c1-31-13-19-18-11-14(22(33)27-12-16-3-2-10-28-29-16)4-9-20(18)32(21(19)30-31)17-7-5-15(6-8-17)23(24,25)26/h2-11,13,22,27,33H,12H2,1H3. The topological polar surface area (TPSA) is 80.8 Å². The van der Waals surface area contributed by atoms with Crippen LogP contribution in [0.25, 0.3) is 27.6 Å². The largest absolute Gasteiger partial charge is 0.416 e. The molecular weight excluding hydrogens is 433 g/mol. The van der Waals surface area contributed by atoms with Crippen molar-refractivity contribution in [3.05, 3.63) is 83.8 Å². The van der Waals surface area contributed by atoms with Gasteiger partial charge in [0.2, 0.25) is 0 Å². The Hall–Kier alpha value is -3.76. The molecule has 1 unspecified atom stereocenters. The molecule has 33 heavy (non-hydrogen) atoms. The number of aliphatic hydroxyl groups excluding tert-OH is 1. The molecule has 1 atom stereocenters. The molecule has 0 fully saturated rings. The monoisotopic (exact) mass is 452 g/mol. The Labute approximate surface area is 186 Å². The van der Waals surface area contributed by atoms with Gasteiger partial charge in [-0.1, -0.05) is 6.07 Å². The minimum absolute atomic E-state index is 0.335. The zero-order chi connectivity index (χ0) is 23.2. The summed E-state index contributed by atoms with van der Waals surface area (Å²) in [6, 6.07) is 14.0. The van der Waals surface area contributed by atoms with E-state index in [1.807, 2.05) is 22.9 Å². The van der Waals surface area contributed by atoms with Crippen LogP contribution >= 0.6 is 0 Å². The maximum Gasteiger partial charge on any atom is 0.416 e. The maximum atomic E-state index is 13.0. The number of rotatable bonds is 5. The van der Waals surface area contributed by atoms with E-state index in [1.54, 1.807) is 36.1 Å². The quantitative estimate of drug-likeness (QED) is 0.393. The molecule has 10 heteroatoms. The Bertz CT molecular complexity index is 1420. The van der Waals surface area contributed by atoms with Crippen molar-refractivity contribution in [3.8, 4) is 5.69 Å². The Kier molecular flexibility index (Phi) is 5.10. The summed E-state index contributed by atoms with van der Waals surface area (Å²) < 4.78 is 42.5. The van der Waals surface area contributed by atoms with Gasteiger partial charge < -0.3 is 5.11 Å². The number of fused-ring (bicyclic) bond motifs is 3. The van der Waals surface area contributed by atoms with Crippen molar-refractivity contribution in [2.24, 2.45) is 7.05 Å². The van der Waals surface area contributed by atoms with E-state index >= 15 is 0 Å². The Morgan fingerprint density at radius 1 is 1.06 bits per heavy atom. The number of aliphatic hydroxyl groups is 1. The summed E-state index contributed by atoms with van der Waals surface area (Å²) in [5.74, 6) is 0. The lowest BCUT2D eigenvalue weighted by molar-refractivity contribution is -0.137.